The van der Waals surface area contributed by atoms with E-state index >= 15 is 0 Å². The maximum atomic E-state index is 12.4. The lowest BCUT2D eigenvalue weighted by Gasteiger charge is -2.06. The highest BCUT2D eigenvalue weighted by atomic mass is 35.5. The van der Waals surface area contributed by atoms with Crippen LogP contribution in [0.25, 0.3) is 10.6 Å². The molecule has 2 aromatic heterocycles. The number of benzene rings is 2. The Hall–Kier alpha value is -3.02. The predicted octanol–water partition coefficient (Wildman–Crippen LogP) is 5.63. The maximum absolute atomic E-state index is 12.4. The number of carbonyl (C=O) groups is 1. The summed E-state index contributed by atoms with van der Waals surface area (Å²) in [6.45, 7) is 0. The highest BCUT2D eigenvalue weighted by Gasteiger charge is 2.11. The molecule has 1 N–H and O–H groups in total. The molecule has 0 saturated heterocycles. The average molecular weight is 420 g/mol. The Balaban J connectivity index is 1.36. The van der Waals surface area contributed by atoms with Crippen LogP contribution in [0.4, 0.5) is 5.69 Å². The summed E-state index contributed by atoms with van der Waals surface area (Å²) >= 11 is 7.72. The molecule has 4 aromatic rings. The molecule has 0 aliphatic rings. The van der Waals surface area contributed by atoms with Crippen molar-refractivity contribution in [3.05, 3.63) is 100 Å². The molecule has 1 amide bonds. The van der Waals surface area contributed by atoms with Crippen LogP contribution in [0.3, 0.4) is 0 Å². The Labute approximate surface area is 178 Å². The van der Waals surface area contributed by atoms with E-state index in [1.165, 1.54) is 22.5 Å². The van der Waals surface area contributed by atoms with Crippen LogP contribution < -0.4 is 5.32 Å². The lowest BCUT2D eigenvalue weighted by Crippen LogP contribution is -2.14. The fraction of sp³-hybridized carbons (Fsp3) is 0.0870. The molecule has 0 spiro atoms. The Morgan fingerprint density at radius 3 is 2.45 bits per heavy atom. The van der Waals surface area contributed by atoms with Crippen LogP contribution in [0.15, 0.2) is 78.4 Å². The molecule has 4 rings (SSSR count). The lowest BCUT2D eigenvalue weighted by molar-refractivity contribution is -0.115. The number of hydrogen-bond donors (Lipinski definition) is 1. The van der Waals surface area contributed by atoms with E-state index < -0.39 is 0 Å². The number of pyridine rings is 1. The van der Waals surface area contributed by atoms with Crippen molar-refractivity contribution in [2.75, 3.05) is 5.32 Å². The predicted molar refractivity (Wildman–Crippen MR) is 118 cm³/mol. The third kappa shape index (κ3) is 5.08. The average Bonchev–Trinajstić information content (AvgIpc) is 3.18. The van der Waals surface area contributed by atoms with E-state index in [2.05, 4.69) is 15.3 Å². The monoisotopic (exact) mass is 419 g/mol. The quantitative estimate of drug-likeness (QED) is 0.440. The zero-order valence-corrected chi connectivity index (χ0v) is 17.1. The summed E-state index contributed by atoms with van der Waals surface area (Å²) < 4.78 is 0. The first-order valence-corrected chi connectivity index (χ1v) is 10.4. The van der Waals surface area contributed by atoms with Crippen molar-refractivity contribution in [1.82, 2.24) is 9.97 Å². The van der Waals surface area contributed by atoms with E-state index in [0.29, 0.717) is 5.02 Å². The van der Waals surface area contributed by atoms with Crippen molar-refractivity contribution in [3.8, 4) is 10.6 Å². The van der Waals surface area contributed by atoms with E-state index in [1.54, 1.807) is 12.4 Å². The summed E-state index contributed by atoms with van der Waals surface area (Å²) in [6, 6.07) is 19.5. The molecule has 0 atom stereocenters. The highest BCUT2D eigenvalue weighted by molar-refractivity contribution is 7.13. The molecule has 2 aromatic carbocycles. The van der Waals surface area contributed by atoms with Gasteiger partial charge in [0.15, 0.2) is 0 Å². The van der Waals surface area contributed by atoms with Gasteiger partial charge in [0, 0.05) is 29.0 Å². The molecule has 29 heavy (non-hydrogen) atoms. The summed E-state index contributed by atoms with van der Waals surface area (Å²) in [7, 11) is 0. The molecule has 0 aliphatic carbocycles. The minimum atomic E-state index is -0.0945. The molecule has 144 valence electrons. The van der Waals surface area contributed by atoms with Gasteiger partial charge in [-0.3, -0.25) is 9.78 Å². The molecule has 0 bridgehead atoms. The van der Waals surface area contributed by atoms with Gasteiger partial charge in [0.05, 0.1) is 17.1 Å². The highest BCUT2D eigenvalue weighted by Crippen LogP contribution is 2.30. The standard InChI is InChI=1S/C23H18ClN3OS/c24-21-4-2-1-3-20(21)23-27-19(15-29-23)14-22(28)26-18-7-5-16(6-8-18)13-17-9-11-25-12-10-17/h1-12,15H,13-14H2,(H,26,28). The van der Waals surface area contributed by atoms with E-state index in [4.69, 9.17) is 11.6 Å². The van der Waals surface area contributed by atoms with Gasteiger partial charge in [-0.05, 0) is 47.9 Å². The molecule has 2 heterocycles. The number of nitrogens with one attached hydrogen (secondary N) is 1. The minimum absolute atomic E-state index is 0.0945. The molecule has 6 heteroatoms. The molecule has 4 nitrogen and oxygen atoms in total. The fourth-order valence-corrected chi connectivity index (χ4v) is 4.10. The van der Waals surface area contributed by atoms with Gasteiger partial charge in [-0.25, -0.2) is 4.98 Å². The van der Waals surface area contributed by atoms with Crippen LogP contribution in [0, 0.1) is 0 Å². The maximum Gasteiger partial charge on any atom is 0.230 e. The second-order valence-electron chi connectivity index (χ2n) is 6.58. The number of carbonyl (C=O) groups excluding carboxylic acids is 1. The Bertz CT molecular complexity index is 1110. The largest absolute Gasteiger partial charge is 0.326 e. The molecule has 0 unspecified atom stereocenters. The van der Waals surface area contributed by atoms with Gasteiger partial charge in [0.1, 0.15) is 5.01 Å². The van der Waals surface area contributed by atoms with Crippen LogP contribution in [-0.2, 0) is 17.6 Å². The molecular formula is C23H18ClN3OS. The van der Waals surface area contributed by atoms with Crippen molar-refractivity contribution < 1.29 is 4.79 Å². The summed E-state index contributed by atoms with van der Waals surface area (Å²) in [4.78, 5) is 21.0. The summed E-state index contributed by atoms with van der Waals surface area (Å²) in [6.07, 6.45) is 4.64. The van der Waals surface area contributed by atoms with Crippen LogP contribution >= 0.6 is 22.9 Å². The van der Waals surface area contributed by atoms with E-state index in [1.807, 2.05) is 66.0 Å². The summed E-state index contributed by atoms with van der Waals surface area (Å²) in [5.41, 5.74) is 4.77. The summed E-state index contributed by atoms with van der Waals surface area (Å²) in [5.74, 6) is -0.0945. The third-order valence-corrected chi connectivity index (χ3v) is 5.65. The SMILES string of the molecule is O=C(Cc1csc(-c2ccccc2Cl)n1)Nc1ccc(Cc2ccncc2)cc1. The number of aromatic nitrogens is 2. The molecule has 0 saturated carbocycles. The third-order valence-electron chi connectivity index (χ3n) is 4.39. The Kier molecular flexibility index (Phi) is 5.98. The van der Waals surface area contributed by atoms with Crippen molar-refractivity contribution in [2.24, 2.45) is 0 Å². The topological polar surface area (TPSA) is 54.9 Å². The van der Waals surface area contributed by atoms with Crippen LogP contribution in [0.2, 0.25) is 5.02 Å². The number of halogens is 1. The molecular weight excluding hydrogens is 402 g/mol. The second-order valence-corrected chi connectivity index (χ2v) is 7.84. The van der Waals surface area contributed by atoms with E-state index in [0.717, 1.165) is 28.4 Å². The van der Waals surface area contributed by atoms with Gasteiger partial charge in [-0.1, -0.05) is 41.9 Å². The van der Waals surface area contributed by atoms with Gasteiger partial charge in [-0.15, -0.1) is 11.3 Å². The lowest BCUT2D eigenvalue weighted by atomic mass is 10.1. The number of anilines is 1. The fourth-order valence-electron chi connectivity index (χ4n) is 2.96. The number of amides is 1. The molecule has 0 aliphatic heterocycles. The van der Waals surface area contributed by atoms with Crippen LogP contribution in [-0.4, -0.2) is 15.9 Å². The smallest absolute Gasteiger partial charge is 0.230 e. The van der Waals surface area contributed by atoms with E-state index in [-0.39, 0.29) is 12.3 Å². The van der Waals surface area contributed by atoms with Gasteiger partial charge in [0.25, 0.3) is 0 Å². The molecule has 0 radical (unpaired) electrons. The van der Waals surface area contributed by atoms with Gasteiger partial charge in [0.2, 0.25) is 5.91 Å². The Morgan fingerprint density at radius 2 is 1.69 bits per heavy atom. The van der Waals surface area contributed by atoms with Crippen LogP contribution in [0.1, 0.15) is 16.8 Å². The minimum Gasteiger partial charge on any atom is -0.326 e. The number of thiazole rings is 1. The van der Waals surface area contributed by atoms with Crippen LogP contribution in [0.5, 0.6) is 0 Å². The first-order valence-electron chi connectivity index (χ1n) is 9.14. The van der Waals surface area contributed by atoms with Gasteiger partial charge in [-0.2, -0.15) is 0 Å². The number of nitrogens with zero attached hydrogens (tertiary/aromatic N) is 2. The van der Waals surface area contributed by atoms with Crippen molar-refractivity contribution >= 4 is 34.5 Å². The number of hydrogen-bond acceptors (Lipinski definition) is 4. The second kappa shape index (κ2) is 8.99. The Morgan fingerprint density at radius 1 is 0.966 bits per heavy atom. The molecule has 0 fully saturated rings. The van der Waals surface area contributed by atoms with E-state index in [9.17, 15) is 4.79 Å². The van der Waals surface area contributed by atoms with Crippen molar-refractivity contribution in [1.29, 1.82) is 0 Å². The first-order chi connectivity index (χ1) is 14.2. The number of rotatable bonds is 6. The first kappa shape index (κ1) is 19.3. The normalized spacial score (nSPS) is 10.7. The van der Waals surface area contributed by atoms with Crippen molar-refractivity contribution in [2.45, 2.75) is 12.8 Å². The van der Waals surface area contributed by atoms with Gasteiger partial charge < -0.3 is 5.32 Å². The zero-order chi connectivity index (χ0) is 20.1. The van der Waals surface area contributed by atoms with Gasteiger partial charge >= 0.3 is 0 Å². The van der Waals surface area contributed by atoms with Crippen molar-refractivity contribution in [3.63, 3.8) is 0 Å². The summed E-state index contributed by atoms with van der Waals surface area (Å²) in [5, 5.41) is 6.31. The zero-order valence-electron chi connectivity index (χ0n) is 15.5.